The molecule has 1 aromatic carbocycles. The SMILES string of the molecule is COc1ccc2nccc(N3CC(N(C)CC(O)CNC(=O)OCc4ccccc4)C3)c2n1. The van der Waals surface area contributed by atoms with Crippen LogP contribution in [-0.2, 0) is 11.3 Å². The third-order valence-electron chi connectivity index (χ3n) is 5.77. The Hall–Kier alpha value is -3.43. The number of benzene rings is 1. The van der Waals surface area contributed by atoms with Gasteiger partial charge >= 0.3 is 6.09 Å². The van der Waals surface area contributed by atoms with Gasteiger partial charge in [-0.25, -0.2) is 9.78 Å². The molecule has 1 unspecified atom stereocenters. The number of ether oxygens (including phenoxy) is 2. The zero-order valence-corrected chi connectivity index (χ0v) is 18.8. The van der Waals surface area contributed by atoms with E-state index in [1.165, 1.54) is 0 Å². The normalized spacial score (nSPS) is 14.7. The summed E-state index contributed by atoms with van der Waals surface area (Å²) >= 11 is 0. The summed E-state index contributed by atoms with van der Waals surface area (Å²) in [7, 11) is 3.58. The number of likely N-dealkylation sites (N-methyl/N-ethyl adjacent to an activating group) is 1. The number of aliphatic hydroxyl groups is 1. The van der Waals surface area contributed by atoms with Crippen LogP contribution in [0.2, 0.25) is 0 Å². The van der Waals surface area contributed by atoms with Gasteiger partial charge in [0.2, 0.25) is 5.88 Å². The topological polar surface area (TPSA) is 100 Å². The first-order chi connectivity index (χ1) is 16.0. The average Bonchev–Trinajstić information content (AvgIpc) is 2.81. The summed E-state index contributed by atoms with van der Waals surface area (Å²) in [6.07, 6.45) is 0.554. The van der Waals surface area contributed by atoms with E-state index in [0.29, 0.717) is 18.5 Å². The summed E-state index contributed by atoms with van der Waals surface area (Å²) in [6.45, 7) is 2.40. The second-order valence-corrected chi connectivity index (χ2v) is 8.15. The number of pyridine rings is 2. The summed E-state index contributed by atoms with van der Waals surface area (Å²) < 4.78 is 10.4. The van der Waals surface area contributed by atoms with Gasteiger partial charge in [-0.1, -0.05) is 30.3 Å². The molecule has 4 rings (SSSR count). The quantitative estimate of drug-likeness (QED) is 0.510. The predicted molar refractivity (Wildman–Crippen MR) is 125 cm³/mol. The Morgan fingerprint density at radius 3 is 2.79 bits per heavy atom. The first-order valence-corrected chi connectivity index (χ1v) is 10.9. The van der Waals surface area contributed by atoms with E-state index in [1.54, 1.807) is 19.4 Å². The molecule has 1 fully saturated rings. The summed E-state index contributed by atoms with van der Waals surface area (Å²) in [6, 6.07) is 15.4. The highest BCUT2D eigenvalue weighted by atomic mass is 16.5. The van der Waals surface area contributed by atoms with E-state index in [9.17, 15) is 9.90 Å². The number of nitrogens with zero attached hydrogens (tertiary/aromatic N) is 4. The molecule has 1 atom stereocenters. The molecule has 0 aliphatic carbocycles. The van der Waals surface area contributed by atoms with Gasteiger partial charge in [0.05, 0.1) is 24.4 Å². The molecule has 1 saturated heterocycles. The number of nitrogens with one attached hydrogen (secondary N) is 1. The number of fused-ring (bicyclic) bond motifs is 1. The van der Waals surface area contributed by atoms with Crippen LogP contribution in [0.3, 0.4) is 0 Å². The highest BCUT2D eigenvalue weighted by Gasteiger charge is 2.32. The zero-order valence-electron chi connectivity index (χ0n) is 18.8. The minimum absolute atomic E-state index is 0.132. The Morgan fingerprint density at radius 1 is 1.24 bits per heavy atom. The fourth-order valence-corrected chi connectivity index (χ4v) is 3.81. The first kappa shape index (κ1) is 22.8. The standard InChI is InChI=1S/C24H29N5O4/c1-28(15-19(30)12-26-24(31)33-16-17-6-4-3-5-7-17)18-13-29(14-18)21-10-11-25-20-8-9-22(32-2)27-23(20)21/h3-11,18-19,30H,12-16H2,1-2H3,(H,26,31). The fourth-order valence-electron chi connectivity index (χ4n) is 3.81. The van der Waals surface area contributed by atoms with Crippen LogP contribution in [0, 0.1) is 0 Å². The van der Waals surface area contributed by atoms with Crippen molar-refractivity contribution >= 4 is 22.8 Å². The average molecular weight is 452 g/mol. The highest BCUT2D eigenvalue weighted by molar-refractivity contribution is 5.88. The number of carbonyl (C=O) groups is 1. The maximum Gasteiger partial charge on any atom is 0.407 e. The minimum Gasteiger partial charge on any atom is -0.481 e. The molecule has 0 bridgehead atoms. The van der Waals surface area contributed by atoms with E-state index >= 15 is 0 Å². The number of amides is 1. The van der Waals surface area contributed by atoms with Gasteiger partial charge in [0.1, 0.15) is 12.1 Å². The number of aromatic nitrogens is 2. The van der Waals surface area contributed by atoms with Crippen molar-refractivity contribution in [3.63, 3.8) is 0 Å². The summed E-state index contributed by atoms with van der Waals surface area (Å²) in [5, 5.41) is 13.0. The molecule has 1 aliphatic rings. The van der Waals surface area contributed by atoms with Crippen molar-refractivity contribution in [3.05, 3.63) is 60.3 Å². The van der Waals surface area contributed by atoms with Crippen molar-refractivity contribution in [2.75, 3.05) is 45.2 Å². The summed E-state index contributed by atoms with van der Waals surface area (Å²) in [4.78, 5) is 25.2. The van der Waals surface area contributed by atoms with Crippen LogP contribution in [0.5, 0.6) is 5.88 Å². The number of hydrogen-bond donors (Lipinski definition) is 2. The molecule has 174 valence electrons. The Bertz CT molecular complexity index is 1070. The fraction of sp³-hybridized carbons (Fsp3) is 0.375. The van der Waals surface area contributed by atoms with Crippen LogP contribution >= 0.6 is 0 Å². The predicted octanol–water partition coefficient (Wildman–Crippen LogP) is 2.05. The monoisotopic (exact) mass is 451 g/mol. The molecule has 0 radical (unpaired) electrons. The van der Waals surface area contributed by atoms with Crippen LogP contribution in [0.4, 0.5) is 10.5 Å². The van der Waals surface area contributed by atoms with Crippen molar-refractivity contribution in [2.24, 2.45) is 0 Å². The van der Waals surface area contributed by atoms with E-state index in [2.05, 4.69) is 25.1 Å². The number of hydrogen-bond acceptors (Lipinski definition) is 8. The van der Waals surface area contributed by atoms with Gasteiger partial charge in [0.15, 0.2) is 0 Å². The summed E-state index contributed by atoms with van der Waals surface area (Å²) in [5.74, 6) is 0.559. The van der Waals surface area contributed by atoms with Crippen molar-refractivity contribution < 1.29 is 19.4 Å². The van der Waals surface area contributed by atoms with Gasteiger partial charge in [-0.05, 0) is 24.7 Å². The molecule has 2 N–H and O–H groups in total. The van der Waals surface area contributed by atoms with Gasteiger partial charge in [0, 0.05) is 44.5 Å². The lowest BCUT2D eigenvalue weighted by atomic mass is 10.1. The highest BCUT2D eigenvalue weighted by Crippen LogP contribution is 2.30. The Balaban J connectivity index is 1.22. The number of anilines is 1. The second-order valence-electron chi connectivity index (χ2n) is 8.15. The van der Waals surface area contributed by atoms with Crippen LogP contribution in [0.25, 0.3) is 11.0 Å². The molecule has 3 heterocycles. The Morgan fingerprint density at radius 2 is 2.03 bits per heavy atom. The molecule has 2 aromatic heterocycles. The Kier molecular flexibility index (Phi) is 7.21. The third kappa shape index (κ3) is 5.68. The molecule has 0 saturated carbocycles. The molecule has 9 heteroatoms. The van der Waals surface area contributed by atoms with Crippen molar-refractivity contribution in [1.82, 2.24) is 20.2 Å². The largest absolute Gasteiger partial charge is 0.481 e. The number of rotatable bonds is 9. The second kappa shape index (κ2) is 10.5. The molecular weight excluding hydrogens is 422 g/mol. The maximum atomic E-state index is 11.9. The zero-order chi connectivity index (χ0) is 23.2. The third-order valence-corrected chi connectivity index (χ3v) is 5.77. The van der Waals surface area contributed by atoms with Crippen LogP contribution in [0.15, 0.2) is 54.7 Å². The first-order valence-electron chi connectivity index (χ1n) is 10.9. The molecule has 3 aromatic rings. The van der Waals surface area contributed by atoms with Crippen molar-refractivity contribution in [2.45, 2.75) is 18.8 Å². The lowest BCUT2D eigenvalue weighted by Crippen LogP contribution is -2.60. The van der Waals surface area contributed by atoms with Crippen LogP contribution in [-0.4, -0.2) is 78.5 Å². The molecule has 1 amide bonds. The lowest BCUT2D eigenvalue weighted by molar-refractivity contribution is 0.0878. The molecule has 1 aliphatic heterocycles. The number of carbonyl (C=O) groups excluding carboxylic acids is 1. The number of aliphatic hydroxyl groups excluding tert-OH is 1. The minimum atomic E-state index is -0.694. The molecule has 33 heavy (non-hydrogen) atoms. The Labute approximate surface area is 193 Å². The van der Waals surface area contributed by atoms with Gasteiger partial charge in [-0.2, -0.15) is 0 Å². The van der Waals surface area contributed by atoms with E-state index in [0.717, 1.165) is 35.4 Å². The van der Waals surface area contributed by atoms with Gasteiger partial charge in [-0.15, -0.1) is 0 Å². The smallest absolute Gasteiger partial charge is 0.407 e. The van der Waals surface area contributed by atoms with Gasteiger partial charge in [0.25, 0.3) is 0 Å². The molecule has 0 spiro atoms. The van der Waals surface area contributed by atoms with Crippen molar-refractivity contribution in [3.8, 4) is 5.88 Å². The maximum absolute atomic E-state index is 11.9. The van der Waals surface area contributed by atoms with E-state index in [-0.39, 0.29) is 13.2 Å². The number of methoxy groups -OCH3 is 1. The molecule has 9 nitrogen and oxygen atoms in total. The lowest BCUT2D eigenvalue weighted by Gasteiger charge is -2.46. The summed E-state index contributed by atoms with van der Waals surface area (Å²) in [5.41, 5.74) is 3.58. The number of alkyl carbamates (subject to hydrolysis) is 1. The molecular formula is C24H29N5O4. The van der Waals surface area contributed by atoms with Crippen LogP contribution in [0.1, 0.15) is 5.56 Å². The van der Waals surface area contributed by atoms with Gasteiger partial charge < -0.3 is 24.8 Å². The van der Waals surface area contributed by atoms with Crippen molar-refractivity contribution in [1.29, 1.82) is 0 Å². The van der Waals surface area contributed by atoms with Gasteiger partial charge in [-0.3, -0.25) is 9.88 Å². The van der Waals surface area contributed by atoms with E-state index in [1.807, 2.05) is 49.5 Å². The van der Waals surface area contributed by atoms with E-state index < -0.39 is 12.2 Å². The van der Waals surface area contributed by atoms with E-state index in [4.69, 9.17) is 9.47 Å². The van der Waals surface area contributed by atoms with Crippen LogP contribution < -0.4 is 15.0 Å².